The zero-order valence-electron chi connectivity index (χ0n) is 31.6. The van der Waals surface area contributed by atoms with Crippen LogP contribution >= 0.6 is 0 Å². The summed E-state index contributed by atoms with van der Waals surface area (Å²) >= 11 is 0. The number of ether oxygens (including phenoxy) is 6. The second-order valence-electron chi connectivity index (χ2n) is 18.8. The Balaban J connectivity index is 0.956. The van der Waals surface area contributed by atoms with Crippen LogP contribution in [0.1, 0.15) is 85.5 Å². The molecule has 0 radical (unpaired) electrons. The lowest BCUT2D eigenvalue weighted by Crippen LogP contribution is -2.65. The van der Waals surface area contributed by atoms with Gasteiger partial charge in [-0.3, -0.25) is 0 Å². The maximum Gasteiger partial charge on any atom is 0.187 e. The van der Waals surface area contributed by atoms with Crippen molar-refractivity contribution in [2.75, 3.05) is 19.8 Å². The van der Waals surface area contributed by atoms with E-state index in [2.05, 4.69) is 27.7 Å². The highest BCUT2D eigenvalue weighted by Crippen LogP contribution is 2.71. The first-order valence-corrected chi connectivity index (χ1v) is 20.4. The molecule has 4 saturated carbocycles. The summed E-state index contributed by atoms with van der Waals surface area (Å²) in [5, 5.41) is 84.8. The van der Waals surface area contributed by atoms with Crippen molar-refractivity contribution in [3.05, 3.63) is 0 Å². The van der Waals surface area contributed by atoms with Gasteiger partial charge in [0.25, 0.3) is 0 Å². The summed E-state index contributed by atoms with van der Waals surface area (Å²) in [6, 6.07) is 0. The summed E-state index contributed by atoms with van der Waals surface area (Å²) in [4.78, 5) is 0. The van der Waals surface area contributed by atoms with Crippen molar-refractivity contribution in [2.24, 2.45) is 52.3 Å². The second kappa shape index (κ2) is 14.4. The number of aliphatic hydroxyl groups excluding tert-OH is 8. The van der Waals surface area contributed by atoms with Crippen LogP contribution in [0.25, 0.3) is 0 Å². The Morgan fingerprint density at radius 3 is 2.02 bits per heavy atom. The molecule has 4 heterocycles. The number of aliphatic hydroxyl groups is 8. The van der Waals surface area contributed by atoms with Crippen LogP contribution in [-0.4, -0.2) is 146 Å². The summed E-state index contributed by atoms with van der Waals surface area (Å²) in [5.74, 6) is 1.79. The maximum atomic E-state index is 12.1. The summed E-state index contributed by atoms with van der Waals surface area (Å²) < 4.78 is 37.3. The third-order valence-corrected chi connectivity index (χ3v) is 16.2. The fraction of sp³-hybridized carbons (Fsp3) is 1.00. The predicted octanol–water partition coefficient (Wildman–Crippen LogP) is 0.413. The first-order chi connectivity index (χ1) is 25.2. The van der Waals surface area contributed by atoms with E-state index in [1.807, 2.05) is 0 Å². The van der Waals surface area contributed by atoms with Gasteiger partial charge in [-0.15, -0.1) is 0 Å². The lowest BCUT2D eigenvalue weighted by atomic mass is 9.44. The van der Waals surface area contributed by atoms with E-state index in [0.29, 0.717) is 36.7 Å². The molecule has 0 bridgehead atoms. The van der Waals surface area contributed by atoms with Crippen molar-refractivity contribution in [1.82, 2.24) is 0 Å². The smallest absolute Gasteiger partial charge is 0.187 e. The predicted molar refractivity (Wildman–Crippen MR) is 184 cm³/mol. The summed E-state index contributed by atoms with van der Waals surface area (Å²) in [7, 11) is 0. The van der Waals surface area contributed by atoms with Gasteiger partial charge in [-0.2, -0.15) is 0 Å². The van der Waals surface area contributed by atoms with Gasteiger partial charge in [-0.25, -0.2) is 0 Å². The van der Waals surface area contributed by atoms with Crippen molar-refractivity contribution in [1.29, 1.82) is 0 Å². The molecule has 0 amide bonds. The van der Waals surface area contributed by atoms with Crippen molar-refractivity contribution in [3.63, 3.8) is 0 Å². The van der Waals surface area contributed by atoms with Gasteiger partial charge in [-0.05, 0) is 91.8 Å². The molecule has 23 atom stereocenters. The van der Waals surface area contributed by atoms with E-state index in [1.54, 1.807) is 0 Å². The van der Waals surface area contributed by atoms with Crippen molar-refractivity contribution >= 4 is 0 Å². The lowest BCUT2D eigenvalue weighted by Gasteiger charge is -2.61. The molecule has 53 heavy (non-hydrogen) atoms. The largest absolute Gasteiger partial charge is 0.394 e. The average molecular weight is 757 g/mol. The van der Waals surface area contributed by atoms with Crippen LogP contribution in [0.4, 0.5) is 0 Å². The number of hydrogen-bond donors (Lipinski definition) is 8. The molecule has 8 fully saturated rings. The molecule has 1 spiro atoms. The Morgan fingerprint density at radius 2 is 1.34 bits per heavy atom. The third-order valence-electron chi connectivity index (χ3n) is 16.2. The molecule has 304 valence electrons. The van der Waals surface area contributed by atoms with E-state index in [1.165, 1.54) is 0 Å². The molecule has 14 heteroatoms. The molecule has 0 aromatic carbocycles. The van der Waals surface area contributed by atoms with Gasteiger partial charge >= 0.3 is 0 Å². The fourth-order valence-corrected chi connectivity index (χ4v) is 13.2. The molecule has 8 rings (SSSR count). The topological polar surface area (TPSA) is 217 Å². The van der Waals surface area contributed by atoms with E-state index < -0.39 is 86.5 Å². The molecular weight excluding hydrogens is 692 g/mol. The van der Waals surface area contributed by atoms with E-state index in [-0.39, 0.29) is 40.8 Å². The molecule has 4 aliphatic heterocycles. The quantitative estimate of drug-likeness (QED) is 0.173. The Labute approximate surface area is 312 Å². The van der Waals surface area contributed by atoms with Crippen LogP contribution in [0.2, 0.25) is 0 Å². The van der Waals surface area contributed by atoms with E-state index in [4.69, 9.17) is 28.4 Å². The van der Waals surface area contributed by atoms with Crippen molar-refractivity contribution in [2.45, 2.75) is 171 Å². The van der Waals surface area contributed by atoms with Gasteiger partial charge in [0.1, 0.15) is 48.8 Å². The minimum Gasteiger partial charge on any atom is -0.394 e. The first-order valence-electron chi connectivity index (χ1n) is 20.4. The molecule has 4 saturated heterocycles. The zero-order chi connectivity index (χ0) is 37.8. The number of rotatable bonds is 6. The average Bonchev–Trinajstić information content (AvgIpc) is 3.55. The highest BCUT2D eigenvalue weighted by Gasteiger charge is 2.72. The van der Waals surface area contributed by atoms with E-state index in [0.717, 1.165) is 51.4 Å². The minimum atomic E-state index is -1.73. The highest BCUT2D eigenvalue weighted by atomic mass is 16.8. The van der Waals surface area contributed by atoms with Gasteiger partial charge in [-0.1, -0.05) is 27.7 Å². The Morgan fingerprint density at radius 1 is 0.660 bits per heavy atom. The van der Waals surface area contributed by atoms with Gasteiger partial charge < -0.3 is 69.3 Å². The van der Waals surface area contributed by atoms with Gasteiger partial charge in [0, 0.05) is 18.3 Å². The van der Waals surface area contributed by atoms with Crippen molar-refractivity contribution in [3.8, 4) is 0 Å². The monoisotopic (exact) mass is 756 g/mol. The summed E-state index contributed by atoms with van der Waals surface area (Å²) in [5.41, 5.74) is 0.0217. The fourth-order valence-electron chi connectivity index (χ4n) is 13.2. The molecule has 0 aromatic rings. The van der Waals surface area contributed by atoms with E-state index in [9.17, 15) is 40.9 Å². The highest BCUT2D eigenvalue weighted by molar-refractivity contribution is 5.18. The lowest BCUT2D eigenvalue weighted by molar-refractivity contribution is -0.373. The zero-order valence-corrected chi connectivity index (χ0v) is 31.6. The molecule has 0 aromatic heterocycles. The second-order valence-corrected chi connectivity index (χ2v) is 18.8. The standard InChI is InChI=1S/C39H64O14/c1-17-7-12-39(48-16-17)18(2)25-33(53-39)29(44)26-21-6-5-19-13-20(8-10-37(19,3)22(21)9-11-38(25,26)4)49-36-34(31(46)28(43)24(15-41)51-36)52-35-32(47)30(45)27(42)23(14-40)50-35/h17-36,40-47H,5-16H2,1-4H3/t17-,18-,19+,20-,21?,22?,23?,24?,25?,26?,27+,28-,29+,30?,31?,32?,33-,34?,35-,36+,37-,38+,39?/m0/s1. The van der Waals surface area contributed by atoms with Gasteiger partial charge in [0.2, 0.25) is 0 Å². The molecule has 8 aliphatic rings. The van der Waals surface area contributed by atoms with Crippen LogP contribution in [0.5, 0.6) is 0 Å². The van der Waals surface area contributed by atoms with Gasteiger partial charge in [0.15, 0.2) is 18.4 Å². The van der Waals surface area contributed by atoms with Crippen LogP contribution in [-0.2, 0) is 28.4 Å². The van der Waals surface area contributed by atoms with Gasteiger partial charge in [0.05, 0.1) is 38.1 Å². The molecule has 14 nitrogen and oxygen atoms in total. The summed E-state index contributed by atoms with van der Waals surface area (Å²) in [6.45, 7) is 8.83. The third kappa shape index (κ3) is 6.11. The van der Waals surface area contributed by atoms with E-state index >= 15 is 0 Å². The molecular formula is C39H64O14. The molecule has 4 aliphatic carbocycles. The van der Waals surface area contributed by atoms with Crippen LogP contribution in [0, 0.1) is 52.3 Å². The number of fused-ring (bicyclic) bond motifs is 7. The Kier molecular flexibility index (Phi) is 10.6. The molecule has 11 unspecified atom stereocenters. The van der Waals surface area contributed by atoms with Crippen molar-refractivity contribution < 1.29 is 69.3 Å². The van der Waals surface area contributed by atoms with Crippen LogP contribution in [0.3, 0.4) is 0 Å². The van der Waals surface area contributed by atoms with Crippen LogP contribution in [0.15, 0.2) is 0 Å². The first kappa shape index (κ1) is 39.3. The SMILES string of the molecule is C[C@H]1CCC2(OC1)O[C@H]1C([C@@H]2C)[C@@]2(C)CCC3C(CC[C@@H]4C[C@@H](O[C@@H]5OC(CO)[C@H](O)C(O)C5O[C@@H]5OC(CO)[C@@H](O)C(O)C5O)CC[C@]34C)C2[C@H]1O. The normalized spacial score (nSPS) is 59.5. The Bertz CT molecular complexity index is 1300. The molecule has 8 N–H and O–H groups in total. The minimum absolute atomic E-state index is 0.0208. The Hall–Kier alpha value is -0.560. The number of hydrogen-bond acceptors (Lipinski definition) is 14. The summed E-state index contributed by atoms with van der Waals surface area (Å²) in [6.07, 6.45) is -7.30. The maximum absolute atomic E-state index is 12.1. The van der Waals surface area contributed by atoms with Crippen LogP contribution < -0.4 is 0 Å².